The maximum atomic E-state index is 13.4. The van der Waals surface area contributed by atoms with Gasteiger partial charge < -0.3 is 10.4 Å². The first-order valence-electron chi connectivity index (χ1n) is 11.3. The van der Waals surface area contributed by atoms with Crippen LogP contribution < -0.4 is 5.32 Å². The number of anilines is 2. The lowest BCUT2D eigenvalue weighted by Crippen LogP contribution is -2.27. The first kappa shape index (κ1) is 22.6. The fraction of sp³-hybridized carbons (Fsp3) is 0.222. The minimum atomic E-state index is -0.801. The predicted octanol–water partition coefficient (Wildman–Crippen LogP) is 7.43. The number of carboxylic acid groups (broad SMARTS) is 1. The van der Waals surface area contributed by atoms with E-state index in [1.807, 2.05) is 66.7 Å². The fourth-order valence-corrected chi connectivity index (χ4v) is 5.79. The molecule has 1 saturated carbocycles. The molecule has 4 aromatic rings. The molecule has 2 N–H and O–H groups in total. The second kappa shape index (κ2) is 9.57. The molecule has 2 atom stereocenters. The van der Waals surface area contributed by atoms with Crippen LogP contribution in [0.3, 0.4) is 0 Å². The Hall–Kier alpha value is -3.22. The summed E-state index contributed by atoms with van der Waals surface area (Å²) in [5.41, 5.74) is 4.26. The number of ketones is 1. The van der Waals surface area contributed by atoms with Crippen LogP contribution >= 0.6 is 22.9 Å². The molecule has 0 aliphatic heterocycles. The van der Waals surface area contributed by atoms with Gasteiger partial charge in [0.1, 0.15) is 0 Å². The molecule has 1 aliphatic rings. The lowest BCUT2D eigenvalue weighted by molar-refractivity contribution is -0.143. The molecule has 0 amide bonds. The van der Waals surface area contributed by atoms with Crippen molar-refractivity contribution >= 4 is 55.7 Å². The van der Waals surface area contributed by atoms with E-state index in [0.29, 0.717) is 23.4 Å². The van der Waals surface area contributed by atoms with E-state index in [0.717, 1.165) is 45.0 Å². The van der Waals surface area contributed by atoms with Crippen LogP contribution in [0, 0.1) is 11.8 Å². The number of aliphatic carboxylic acids is 1. The number of fused-ring (bicyclic) bond motifs is 1. The van der Waals surface area contributed by atoms with Gasteiger partial charge in [0.2, 0.25) is 0 Å². The van der Waals surface area contributed by atoms with Crippen molar-refractivity contribution in [3.05, 3.63) is 77.3 Å². The number of nitrogens with zero attached hydrogens (tertiary/aromatic N) is 1. The molecular formula is C27H23ClN2O3S. The molecular weight excluding hydrogens is 468 g/mol. The van der Waals surface area contributed by atoms with Gasteiger partial charge in [-0.1, -0.05) is 65.8 Å². The molecule has 3 aromatic carbocycles. The van der Waals surface area contributed by atoms with Gasteiger partial charge in [0.05, 0.1) is 16.1 Å². The zero-order chi connectivity index (χ0) is 23.7. The summed E-state index contributed by atoms with van der Waals surface area (Å²) in [5, 5.41) is 14.2. The smallest absolute Gasteiger partial charge is 0.306 e. The third-order valence-corrected chi connectivity index (χ3v) is 7.55. The number of hydrogen-bond donors (Lipinski definition) is 2. The highest BCUT2D eigenvalue weighted by Crippen LogP contribution is 2.35. The Morgan fingerprint density at radius 1 is 1.00 bits per heavy atom. The highest BCUT2D eigenvalue weighted by atomic mass is 35.5. The molecule has 0 radical (unpaired) electrons. The molecule has 0 bridgehead atoms. The number of carboxylic acids is 1. The van der Waals surface area contributed by atoms with Crippen molar-refractivity contribution in [2.24, 2.45) is 11.8 Å². The highest BCUT2D eigenvalue weighted by molar-refractivity contribution is 7.22. The first-order valence-corrected chi connectivity index (χ1v) is 12.5. The summed E-state index contributed by atoms with van der Waals surface area (Å²) in [6.45, 7) is 0. The Morgan fingerprint density at radius 2 is 1.76 bits per heavy atom. The van der Waals surface area contributed by atoms with Crippen LogP contribution in [0.5, 0.6) is 0 Å². The second-order valence-corrected chi connectivity index (χ2v) is 10.1. The largest absolute Gasteiger partial charge is 0.481 e. The maximum absolute atomic E-state index is 13.4. The van der Waals surface area contributed by atoms with Crippen LogP contribution in [0.4, 0.5) is 10.8 Å². The van der Waals surface area contributed by atoms with Crippen molar-refractivity contribution in [3.8, 4) is 11.1 Å². The minimum absolute atomic E-state index is 0.0388. The molecule has 1 aliphatic carbocycles. The third-order valence-electron chi connectivity index (χ3n) is 6.38. The van der Waals surface area contributed by atoms with Gasteiger partial charge >= 0.3 is 5.97 Å². The molecule has 1 aromatic heterocycles. The standard InChI is InChI=1S/C27H23ClN2O3S/c28-19-10-13-23-24(15-19)34-27(30-23)29-20-11-8-16(9-12-20)21-6-1-2-7-22(21)25(31)17-4-3-5-18(14-17)26(32)33/h1-2,6-13,15,17-18H,3-5,14H2,(H,29,30)(H,32,33)/t17-,18+/m1/s1. The summed E-state index contributed by atoms with van der Waals surface area (Å²) < 4.78 is 1.02. The summed E-state index contributed by atoms with van der Waals surface area (Å²) in [5.74, 6) is -1.44. The lowest BCUT2D eigenvalue weighted by Gasteiger charge is -2.26. The second-order valence-electron chi connectivity index (χ2n) is 8.64. The number of Topliss-reactive ketones (excluding diaryl/α,β-unsaturated/α-hetero) is 1. The van der Waals surface area contributed by atoms with E-state index in [-0.39, 0.29) is 11.7 Å². The van der Waals surface area contributed by atoms with E-state index >= 15 is 0 Å². The fourth-order valence-electron chi connectivity index (χ4n) is 4.63. The minimum Gasteiger partial charge on any atom is -0.481 e. The summed E-state index contributed by atoms with van der Waals surface area (Å²) in [7, 11) is 0. The van der Waals surface area contributed by atoms with Gasteiger partial charge in [-0.2, -0.15) is 0 Å². The van der Waals surface area contributed by atoms with Gasteiger partial charge in [-0.25, -0.2) is 4.98 Å². The average Bonchev–Trinajstić information content (AvgIpc) is 3.25. The number of halogens is 1. The number of thiazole rings is 1. The van der Waals surface area contributed by atoms with Gasteiger partial charge in [-0.3, -0.25) is 9.59 Å². The third kappa shape index (κ3) is 4.69. The van der Waals surface area contributed by atoms with Crippen molar-refractivity contribution in [3.63, 3.8) is 0 Å². The molecule has 5 rings (SSSR count). The molecule has 172 valence electrons. The number of nitrogens with one attached hydrogen (secondary N) is 1. The van der Waals surface area contributed by atoms with Gasteiger partial charge in [0.15, 0.2) is 10.9 Å². The number of hydrogen-bond acceptors (Lipinski definition) is 5. The summed E-state index contributed by atoms with van der Waals surface area (Å²) in [6, 6.07) is 21.1. The monoisotopic (exact) mass is 490 g/mol. The highest BCUT2D eigenvalue weighted by Gasteiger charge is 2.32. The van der Waals surface area contributed by atoms with Crippen molar-refractivity contribution < 1.29 is 14.7 Å². The summed E-state index contributed by atoms with van der Waals surface area (Å²) in [4.78, 5) is 29.4. The van der Waals surface area contributed by atoms with Crippen molar-refractivity contribution in [1.29, 1.82) is 0 Å². The molecule has 34 heavy (non-hydrogen) atoms. The van der Waals surface area contributed by atoms with Gasteiger partial charge in [0, 0.05) is 22.2 Å². The Balaban J connectivity index is 1.36. The number of benzene rings is 3. The van der Waals surface area contributed by atoms with E-state index in [9.17, 15) is 14.7 Å². The lowest BCUT2D eigenvalue weighted by atomic mass is 9.77. The molecule has 1 fully saturated rings. The van der Waals surface area contributed by atoms with E-state index < -0.39 is 11.9 Å². The van der Waals surface area contributed by atoms with Gasteiger partial charge in [-0.15, -0.1) is 0 Å². The summed E-state index contributed by atoms with van der Waals surface area (Å²) in [6.07, 6.45) is 2.58. The van der Waals surface area contributed by atoms with E-state index in [1.165, 1.54) is 11.3 Å². The molecule has 5 nitrogen and oxygen atoms in total. The predicted molar refractivity (Wildman–Crippen MR) is 137 cm³/mol. The van der Waals surface area contributed by atoms with E-state index in [4.69, 9.17) is 11.6 Å². The van der Waals surface area contributed by atoms with Crippen LogP contribution in [0.25, 0.3) is 21.3 Å². The van der Waals surface area contributed by atoms with Crippen molar-refractivity contribution in [1.82, 2.24) is 4.98 Å². The Morgan fingerprint density at radius 3 is 2.56 bits per heavy atom. The SMILES string of the molecule is O=C(O)[C@H]1CCC[C@@H](C(=O)c2ccccc2-c2ccc(Nc3nc4ccc(Cl)cc4s3)cc2)C1. The Labute approximate surface area is 206 Å². The number of carbonyl (C=O) groups is 2. The normalized spacial score (nSPS) is 18.0. The number of carbonyl (C=O) groups excluding carboxylic acids is 1. The molecule has 0 spiro atoms. The van der Waals surface area contributed by atoms with Gasteiger partial charge in [0.25, 0.3) is 0 Å². The Bertz CT molecular complexity index is 1370. The topological polar surface area (TPSA) is 79.3 Å². The van der Waals surface area contributed by atoms with Crippen LogP contribution in [0.2, 0.25) is 5.02 Å². The summed E-state index contributed by atoms with van der Waals surface area (Å²) >= 11 is 7.62. The number of aromatic nitrogens is 1. The average molecular weight is 491 g/mol. The zero-order valence-electron chi connectivity index (χ0n) is 18.3. The molecule has 1 heterocycles. The van der Waals surface area contributed by atoms with Crippen LogP contribution in [0.15, 0.2) is 66.7 Å². The van der Waals surface area contributed by atoms with Crippen LogP contribution in [0.1, 0.15) is 36.0 Å². The maximum Gasteiger partial charge on any atom is 0.306 e. The first-order chi connectivity index (χ1) is 16.5. The van der Waals surface area contributed by atoms with E-state index in [2.05, 4.69) is 10.3 Å². The van der Waals surface area contributed by atoms with Crippen molar-refractivity contribution in [2.45, 2.75) is 25.7 Å². The van der Waals surface area contributed by atoms with E-state index in [1.54, 1.807) is 0 Å². The molecule has 7 heteroatoms. The van der Waals surface area contributed by atoms with Gasteiger partial charge in [-0.05, 0) is 60.7 Å². The van der Waals surface area contributed by atoms with Crippen molar-refractivity contribution in [2.75, 3.05) is 5.32 Å². The number of rotatable bonds is 6. The van der Waals surface area contributed by atoms with Crippen LogP contribution in [-0.2, 0) is 4.79 Å². The quantitative estimate of drug-likeness (QED) is 0.274. The zero-order valence-corrected chi connectivity index (χ0v) is 19.9. The van der Waals surface area contributed by atoms with Crippen LogP contribution in [-0.4, -0.2) is 21.8 Å². The molecule has 0 unspecified atom stereocenters. The Kier molecular flexibility index (Phi) is 6.35. The molecule has 0 saturated heterocycles.